The molecule has 1 aromatic rings. The molecule has 0 fully saturated rings. The Hall–Kier alpha value is -0.170. The first-order chi connectivity index (χ1) is 6.06. The number of alkyl halides is 3. The van der Waals surface area contributed by atoms with Crippen LogP contribution < -0.4 is 5.73 Å². The minimum absolute atomic E-state index is 0.00827. The van der Waals surface area contributed by atoms with Crippen molar-refractivity contribution >= 4 is 39.9 Å². The van der Waals surface area contributed by atoms with Crippen LogP contribution in [0.4, 0.5) is 14.5 Å². The Bertz CT molecular complexity index is 320. The van der Waals surface area contributed by atoms with Gasteiger partial charge in [0.2, 0.25) is 0 Å². The summed E-state index contributed by atoms with van der Waals surface area (Å²) < 4.78 is 25.0. The molecule has 0 atom stereocenters. The lowest BCUT2D eigenvalue weighted by Crippen LogP contribution is -2.02. The van der Waals surface area contributed by atoms with Gasteiger partial charge in [-0.05, 0) is 28.7 Å². The van der Waals surface area contributed by atoms with Crippen molar-refractivity contribution in [2.24, 2.45) is 0 Å². The molecule has 0 aliphatic rings. The molecule has 0 unspecified atom stereocenters. The number of hydrogen-bond donors (Lipinski definition) is 1. The predicted octanol–water partition coefficient (Wildman–Crippen LogP) is 2.94. The van der Waals surface area contributed by atoms with Gasteiger partial charge in [-0.25, -0.2) is 13.8 Å². The molecular weight excluding hydrogens is 312 g/mol. The highest BCUT2D eigenvalue weighted by Crippen LogP contribution is 2.26. The molecule has 2 nitrogen and oxygen atoms in total. The molecule has 0 saturated carbocycles. The number of anilines is 1. The predicted molar refractivity (Wildman–Crippen MR) is 55.9 cm³/mol. The molecule has 0 aliphatic heterocycles. The summed E-state index contributed by atoms with van der Waals surface area (Å²) in [5.41, 5.74) is 5.65. The van der Waals surface area contributed by atoms with Crippen molar-refractivity contribution in [3.8, 4) is 0 Å². The smallest absolute Gasteiger partial charge is 0.282 e. The second-order valence-electron chi connectivity index (χ2n) is 2.35. The number of nitrogen functional groups attached to an aromatic ring is 1. The molecule has 0 saturated heterocycles. The molecule has 72 valence electrons. The number of halogens is 4. The van der Waals surface area contributed by atoms with Crippen molar-refractivity contribution in [1.29, 1.82) is 0 Å². The second-order valence-corrected chi connectivity index (χ2v) is 3.64. The van der Waals surface area contributed by atoms with Crippen molar-refractivity contribution in [2.45, 2.75) is 12.3 Å². The third-order valence-corrected chi connectivity index (χ3v) is 2.68. The number of nitrogens with zero attached hydrogens (tertiary/aromatic N) is 1. The maximum atomic E-state index is 12.3. The molecule has 0 spiro atoms. The average molecular weight is 318 g/mol. The molecule has 1 rings (SSSR count). The van der Waals surface area contributed by atoms with E-state index in [1.807, 2.05) is 22.6 Å². The van der Waals surface area contributed by atoms with Crippen molar-refractivity contribution in [1.82, 2.24) is 4.98 Å². The van der Waals surface area contributed by atoms with Crippen LogP contribution in [0.2, 0.25) is 0 Å². The summed E-state index contributed by atoms with van der Waals surface area (Å²) in [6.07, 6.45) is -2.64. The number of pyridine rings is 1. The maximum Gasteiger partial charge on any atom is 0.282 e. The van der Waals surface area contributed by atoms with Crippen LogP contribution in [0.1, 0.15) is 17.7 Å². The molecule has 0 amide bonds. The molecule has 0 bridgehead atoms. The Morgan fingerprint density at radius 1 is 1.62 bits per heavy atom. The lowest BCUT2D eigenvalue weighted by molar-refractivity contribution is 0.147. The fraction of sp³-hybridized carbons (Fsp3) is 0.286. The zero-order valence-corrected chi connectivity index (χ0v) is 9.31. The van der Waals surface area contributed by atoms with E-state index in [0.717, 1.165) is 0 Å². The first-order valence-electron chi connectivity index (χ1n) is 3.35. The normalized spacial score (nSPS) is 10.8. The van der Waals surface area contributed by atoms with Gasteiger partial charge in [0.05, 0.1) is 11.6 Å². The van der Waals surface area contributed by atoms with E-state index in [1.54, 1.807) is 0 Å². The van der Waals surface area contributed by atoms with Gasteiger partial charge >= 0.3 is 0 Å². The number of hydrogen-bond acceptors (Lipinski definition) is 2. The third-order valence-electron chi connectivity index (χ3n) is 1.46. The minimum atomic E-state index is -2.64. The molecule has 1 heterocycles. The van der Waals surface area contributed by atoms with Gasteiger partial charge in [-0.2, -0.15) is 0 Å². The zero-order valence-electron chi connectivity index (χ0n) is 6.40. The van der Waals surface area contributed by atoms with E-state index in [4.69, 9.17) is 17.3 Å². The Kier molecular flexibility index (Phi) is 3.66. The van der Waals surface area contributed by atoms with Crippen molar-refractivity contribution in [3.63, 3.8) is 0 Å². The third kappa shape index (κ3) is 2.40. The summed E-state index contributed by atoms with van der Waals surface area (Å²) in [6.45, 7) is 0. The van der Waals surface area contributed by atoms with Crippen LogP contribution in [0.3, 0.4) is 0 Å². The van der Waals surface area contributed by atoms with E-state index in [9.17, 15) is 8.78 Å². The quantitative estimate of drug-likeness (QED) is 0.517. The van der Waals surface area contributed by atoms with Gasteiger partial charge in [-0.1, -0.05) is 0 Å². The van der Waals surface area contributed by atoms with Crippen LogP contribution in [-0.2, 0) is 5.88 Å². The molecular formula is C7H6ClF2IN2. The van der Waals surface area contributed by atoms with Gasteiger partial charge in [0, 0.05) is 5.56 Å². The van der Waals surface area contributed by atoms with Crippen LogP contribution in [0, 0.1) is 3.70 Å². The molecule has 0 radical (unpaired) electrons. The monoisotopic (exact) mass is 318 g/mol. The SMILES string of the molecule is Nc1cc(CCl)c(I)nc1C(F)F. The Morgan fingerprint density at radius 3 is 2.69 bits per heavy atom. The summed E-state index contributed by atoms with van der Waals surface area (Å²) in [5, 5.41) is 0. The van der Waals surface area contributed by atoms with Crippen molar-refractivity contribution in [3.05, 3.63) is 21.0 Å². The Morgan fingerprint density at radius 2 is 2.23 bits per heavy atom. The highest BCUT2D eigenvalue weighted by Gasteiger charge is 2.15. The highest BCUT2D eigenvalue weighted by atomic mass is 127. The zero-order chi connectivity index (χ0) is 10.0. The standard InChI is InChI=1S/C7H6ClF2IN2/c8-2-3-1-4(12)5(6(9)10)13-7(3)11/h1,6H,2,12H2. The second kappa shape index (κ2) is 4.36. The van der Waals surface area contributed by atoms with Crippen molar-refractivity contribution < 1.29 is 8.78 Å². The van der Waals surface area contributed by atoms with E-state index in [0.29, 0.717) is 9.26 Å². The summed E-state index contributed by atoms with van der Waals surface area (Å²) in [4.78, 5) is 3.67. The highest BCUT2D eigenvalue weighted by molar-refractivity contribution is 14.1. The van der Waals surface area contributed by atoms with Gasteiger partial charge in [0.25, 0.3) is 6.43 Å². The topological polar surface area (TPSA) is 38.9 Å². The Balaban J connectivity index is 3.20. The minimum Gasteiger partial charge on any atom is -0.397 e. The molecule has 0 aromatic carbocycles. The van der Waals surface area contributed by atoms with E-state index in [-0.39, 0.29) is 17.3 Å². The summed E-state index contributed by atoms with van der Waals surface area (Å²) in [7, 11) is 0. The number of rotatable bonds is 2. The van der Waals surface area contributed by atoms with Gasteiger partial charge in [0.15, 0.2) is 0 Å². The van der Waals surface area contributed by atoms with Gasteiger partial charge < -0.3 is 5.73 Å². The van der Waals surface area contributed by atoms with Gasteiger partial charge in [0.1, 0.15) is 9.39 Å². The summed E-state index contributed by atoms with van der Waals surface area (Å²) in [6, 6.07) is 1.43. The maximum absolute atomic E-state index is 12.3. The summed E-state index contributed by atoms with van der Waals surface area (Å²) >= 11 is 7.40. The van der Waals surface area contributed by atoms with E-state index >= 15 is 0 Å². The molecule has 1 aromatic heterocycles. The van der Waals surface area contributed by atoms with Crippen LogP contribution in [0.5, 0.6) is 0 Å². The molecule has 13 heavy (non-hydrogen) atoms. The largest absolute Gasteiger partial charge is 0.397 e. The fourth-order valence-electron chi connectivity index (χ4n) is 0.832. The van der Waals surface area contributed by atoms with Gasteiger partial charge in [-0.15, -0.1) is 11.6 Å². The van der Waals surface area contributed by atoms with Crippen molar-refractivity contribution in [2.75, 3.05) is 5.73 Å². The van der Waals surface area contributed by atoms with E-state index in [1.165, 1.54) is 6.07 Å². The van der Waals surface area contributed by atoms with Crippen LogP contribution in [-0.4, -0.2) is 4.98 Å². The first kappa shape index (κ1) is 10.9. The van der Waals surface area contributed by atoms with E-state index < -0.39 is 6.43 Å². The van der Waals surface area contributed by atoms with Gasteiger partial charge in [-0.3, -0.25) is 0 Å². The number of nitrogens with two attached hydrogens (primary N) is 1. The first-order valence-corrected chi connectivity index (χ1v) is 4.96. The summed E-state index contributed by atoms with van der Waals surface area (Å²) in [5.74, 6) is 0.221. The van der Waals surface area contributed by atoms with Crippen LogP contribution in [0.15, 0.2) is 6.07 Å². The Labute approximate surface area is 92.6 Å². The lowest BCUT2D eigenvalue weighted by atomic mass is 10.2. The molecule has 6 heteroatoms. The van der Waals surface area contributed by atoms with E-state index in [2.05, 4.69) is 4.98 Å². The average Bonchev–Trinajstić information content (AvgIpc) is 2.07. The molecule has 0 aliphatic carbocycles. The number of aromatic nitrogens is 1. The molecule has 2 N–H and O–H groups in total. The van der Waals surface area contributed by atoms with Crippen LogP contribution >= 0.6 is 34.2 Å². The lowest BCUT2D eigenvalue weighted by Gasteiger charge is -2.06. The van der Waals surface area contributed by atoms with Crippen LogP contribution in [0.25, 0.3) is 0 Å². The fourth-order valence-corrected chi connectivity index (χ4v) is 1.87.